The van der Waals surface area contributed by atoms with Gasteiger partial charge in [0.05, 0.1) is 4.88 Å². The third-order valence-electron chi connectivity index (χ3n) is 7.35. The molecule has 0 spiro atoms. The first kappa shape index (κ1) is 21.3. The Kier molecular flexibility index (Phi) is 7.65. The third-order valence-corrected chi connectivity index (χ3v) is 8.35. The van der Waals surface area contributed by atoms with Crippen LogP contribution >= 0.6 is 11.3 Å². The lowest BCUT2D eigenvalue weighted by atomic mass is 9.95. The highest BCUT2D eigenvalue weighted by atomic mass is 32.1. The van der Waals surface area contributed by atoms with Crippen molar-refractivity contribution in [1.82, 2.24) is 14.7 Å². The van der Waals surface area contributed by atoms with Crippen molar-refractivity contribution >= 4 is 17.2 Å². The van der Waals surface area contributed by atoms with Crippen molar-refractivity contribution < 1.29 is 4.79 Å². The van der Waals surface area contributed by atoms with Gasteiger partial charge in [-0.15, -0.1) is 11.3 Å². The van der Waals surface area contributed by atoms with Crippen LogP contribution < -0.4 is 0 Å². The van der Waals surface area contributed by atoms with E-state index < -0.39 is 0 Å². The quantitative estimate of drug-likeness (QED) is 0.647. The second-order valence-electron chi connectivity index (χ2n) is 9.53. The van der Waals surface area contributed by atoms with E-state index in [1.54, 1.807) is 11.3 Å². The molecule has 0 radical (unpaired) electrons. The summed E-state index contributed by atoms with van der Waals surface area (Å²) in [5, 5.41) is 2.06. The van der Waals surface area contributed by atoms with Crippen LogP contribution in [0.5, 0.6) is 0 Å². The van der Waals surface area contributed by atoms with Gasteiger partial charge in [0.1, 0.15) is 0 Å². The maximum atomic E-state index is 13.4. The summed E-state index contributed by atoms with van der Waals surface area (Å²) in [6.07, 6.45) is 12.2. The second-order valence-corrected chi connectivity index (χ2v) is 10.4. The van der Waals surface area contributed by atoms with Gasteiger partial charge in [-0.3, -0.25) is 4.79 Å². The van der Waals surface area contributed by atoms with Gasteiger partial charge in [0.25, 0.3) is 5.91 Å². The molecular weight excluding hydrogens is 378 g/mol. The number of thiophene rings is 1. The van der Waals surface area contributed by atoms with Gasteiger partial charge in [-0.1, -0.05) is 19.3 Å². The third kappa shape index (κ3) is 5.62. The van der Waals surface area contributed by atoms with E-state index in [2.05, 4.69) is 33.1 Å². The lowest BCUT2D eigenvalue weighted by Crippen LogP contribution is -2.47. The minimum Gasteiger partial charge on any atom is -0.336 e. The molecule has 0 N–H and O–H groups in total. The Balaban J connectivity index is 1.39. The fourth-order valence-electron chi connectivity index (χ4n) is 5.62. The fourth-order valence-corrected chi connectivity index (χ4v) is 6.51. The lowest BCUT2D eigenvalue weighted by molar-refractivity contribution is 0.0613. The molecule has 3 aliphatic rings. The maximum Gasteiger partial charge on any atom is 0.264 e. The van der Waals surface area contributed by atoms with Crippen LogP contribution in [0.2, 0.25) is 0 Å². The number of nitrogens with zero attached hydrogens (tertiary/aromatic N) is 3. The predicted octanol–water partition coefficient (Wildman–Crippen LogP) is 4.64. The van der Waals surface area contributed by atoms with Crippen molar-refractivity contribution in [2.24, 2.45) is 5.92 Å². The molecule has 1 amide bonds. The Morgan fingerprint density at radius 2 is 1.86 bits per heavy atom. The van der Waals surface area contributed by atoms with Crippen molar-refractivity contribution in [2.45, 2.75) is 70.8 Å². The van der Waals surface area contributed by atoms with Crippen LogP contribution in [0.15, 0.2) is 11.4 Å². The number of rotatable bonds is 7. The van der Waals surface area contributed by atoms with Gasteiger partial charge >= 0.3 is 0 Å². The number of aryl methyl sites for hydroxylation is 1. The lowest BCUT2D eigenvalue weighted by Gasteiger charge is -2.39. The maximum absolute atomic E-state index is 13.4. The number of likely N-dealkylation sites (tertiary alicyclic amines) is 2. The zero-order valence-corrected chi connectivity index (χ0v) is 19.1. The minimum atomic E-state index is 0.271. The Morgan fingerprint density at radius 1 is 1.07 bits per heavy atom. The summed E-state index contributed by atoms with van der Waals surface area (Å²) in [5.41, 5.74) is 1.14. The highest BCUT2D eigenvalue weighted by molar-refractivity contribution is 7.12. The normalized spacial score (nSPS) is 24.8. The van der Waals surface area contributed by atoms with Crippen LogP contribution in [0.1, 0.15) is 73.0 Å². The minimum absolute atomic E-state index is 0.271. The Hall–Kier alpha value is -0.910. The second kappa shape index (κ2) is 10.4. The molecule has 4 nitrogen and oxygen atoms in total. The molecule has 1 saturated carbocycles. The Morgan fingerprint density at radius 3 is 2.59 bits per heavy atom. The Bertz CT molecular complexity index is 648. The number of amides is 1. The van der Waals surface area contributed by atoms with Crippen LogP contribution in [0, 0.1) is 12.8 Å². The monoisotopic (exact) mass is 417 g/mol. The summed E-state index contributed by atoms with van der Waals surface area (Å²) in [4.78, 5) is 21.9. The van der Waals surface area contributed by atoms with Crippen LogP contribution in [0.4, 0.5) is 0 Å². The highest BCUT2D eigenvalue weighted by Crippen LogP contribution is 2.29. The topological polar surface area (TPSA) is 26.8 Å². The van der Waals surface area contributed by atoms with Crippen LogP contribution in [0.3, 0.4) is 0 Å². The zero-order valence-electron chi connectivity index (χ0n) is 18.3. The molecule has 1 aliphatic carbocycles. The standard InChI is InChI=1S/C24H39N3OS/c1-20-11-17-29-23(20)24(28)27(16-15-25-12-5-2-6-13-25)19-21-8-7-14-26(18-21)22-9-3-4-10-22/h11,17,21-22H,2-10,12-16,18-19H2,1H3/t21-/m0/s1. The molecule has 0 aromatic carbocycles. The zero-order chi connectivity index (χ0) is 20.1. The average molecular weight is 418 g/mol. The van der Waals surface area contributed by atoms with E-state index in [-0.39, 0.29) is 5.91 Å². The Labute approximate surface area is 181 Å². The predicted molar refractivity (Wildman–Crippen MR) is 122 cm³/mol. The first-order chi connectivity index (χ1) is 14.2. The summed E-state index contributed by atoms with van der Waals surface area (Å²) >= 11 is 1.62. The van der Waals surface area contributed by atoms with Crippen molar-refractivity contribution in [3.63, 3.8) is 0 Å². The summed E-state index contributed by atoms with van der Waals surface area (Å²) in [6, 6.07) is 2.90. The molecule has 5 heteroatoms. The van der Waals surface area contributed by atoms with Gasteiger partial charge < -0.3 is 14.7 Å². The van der Waals surface area contributed by atoms with Crippen molar-refractivity contribution in [1.29, 1.82) is 0 Å². The van der Waals surface area contributed by atoms with E-state index >= 15 is 0 Å². The smallest absolute Gasteiger partial charge is 0.264 e. The van der Waals surface area contributed by atoms with Gasteiger partial charge in [-0.25, -0.2) is 0 Å². The van der Waals surface area contributed by atoms with Crippen molar-refractivity contribution in [2.75, 3.05) is 45.8 Å². The fraction of sp³-hybridized carbons (Fsp3) is 0.792. The SMILES string of the molecule is Cc1ccsc1C(=O)N(CCN1CCCCC1)C[C@H]1CCCN(C2CCCC2)C1. The summed E-state index contributed by atoms with van der Waals surface area (Å²) in [7, 11) is 0. The van der Waals surface area contributed by atoms with E-state index in [4.69, 9.17) is 0 Å². The van der Waals surface area contributed by atoms with Gasteiger partial charge in [0, 0.05) is 32.2 Å². The summed E-state index contributed by atoms with van der Waals surface area (Å²) < 4.78 is 0. The average Bonchev–Trinajstić information content (AvgIpc) is 3.43. The number of hydrogen-bond donors (Lipinski definition) is 0. The molecule has 1 aromatic heterocycles. The van der Waals surface area contributed by atoms with E-state index in [0.29, 0.717) is 5.92 Å². The van der Waals surface area contributed by atoms with Crippen LogP contribution in [-0.2, 0) is 0 Å². The number of piperidine rings is 2. The largest absolute Gasteiger partial charge is 0.336 e. The molecule has 2 aliphatic heterocycles. The van der Waals surface area contributed by atoms with Gasteiger partial charge in [0.15, 0.2) is 0 Å². The van der Waals surface area contributed by atoms with E-state index in [9.17, 15) is 4.79 Å². The molecule has 2 saturated heterocycles. The molecule has 0 unspecified atom stereocenters. The van der Waals surface area contributed by atoms with Crippen molar-refractivity contribution in [3.8, 4) is 0 Å². The van der Waals surface area contributed by atoms with Crippen LogP contribution in [0.25, 0.3) is 0 Å². The number of carbonyl (C=O) groups is 1. The van der Waals surface area contributed by atoms with E-state index in [0.717, 1.165) is 36.1 Å². The first-order valence-electron chi connectivity index (χ1n) is 12.0. The molecule has 1 aromatic rings. The van der Waals surface area contributed by atoms with Gasteiger partial charge in [-0.05, 0) is 88.0 Å². The molecule has 1 atom stereocenters. The van der Waals surface area contributed by atoms with Gasteiger partial charge in [0.2, 0.25) is 0 Å². The molecule has 3 fully saturated rings. The van der Waals surface area contributed by atoms with Crippen molar-refractivity contribution in [3.05, 3.63) is 21.9 Å². The summed E-state index contributed by atoms with van der Waals surface area (Å²) in [6.45, 7) is 9.82. The molecule has 4 rings (SSSR count). The molecule has 3 heterocycles. The van der Waals surface area contributed by atoms with E-state index in [1.807, 2.05) is 0 Å². The number of hydrogen-bond acceptors (Lipinski definition) is 4. The summed E-state index contributed by atoms with van der Waals surface area (Å²) in [5.74, 6) is 0.905. The molecule has 29 heavy (non-hydrogen) atoms. The molecular formula is C24H39N3OS. The molecule has 0 bridgehead atoms. The molecule has 162 valence electrons. The number of carbonyl (C=O) groups excluding carboxylic acids is 1. The van der Waals surface area contributed by atoms with Crippen LogP contribution in [-0.4, -0.2) is 72.5 Å². The van der Waals surface area contributed by atoms with Gasteiger partial charge in [-0.2, -0.15) is 0 Å². The highest BCUT2D eigenvalue weighted by Gasteiger charge is 2.30. The first-order valence-corrected chi connectivity index (χ1v) is 12.9. The van der Waals surface area contributed by atoms with E-state index in [1.165, 1.54) is 84.0 Å².